The van der Waals surface area contributed by atoms with Crippen LogP contribution in [-0.2, 0) is 14.3 Å². The summed E-state index contributed by atoms with van der Waals surface area (Å²) in [6.45, 7) is 1.11. The summed E-state index contributed by atoms with van der Waals surface area (Å²) >= 11 is 0. The molecule has 178 valence electrons. The largest absolute Gasteiger partial charge is 0.481 e. The molecule has 0 bridgehead atoms. The molecule has 2 fully saturated rings. The lowest BCUT2D eigenvalue weighted by molar-refractivity contribution is -0.145. The van der Waals surface area contributed by atoms with E-state index in [4.69, 9.17) is 4.74 Å². The molecule has 3 unspecified atom stereocenters. The molecule has 0 aromatic heterocycles. The molecule has 1 heterocycles. The van der Waals surface area contributed by atoms with Crippen molar-refractivity contribution < 1.29 is 24.2 Å². The molecule has 1 saturated heterocycles. The van der Waals surface area contributed by atoms with Crippen molar-refractivity contribution in [3.63, 3.8) is 0 Å². The van der Waals surface area contributed by atoms with Gasteiger partial charge >= 0.3 is 12.1 Å². The van der Waals surface area contributed by atoms with Gasteiger partial charge in [-0.1, -0.05) is 48.5 Å². The number of nitrogens with one attached hydrogen (secondary N) is 1. The number of aliphatic carboxylic acids is 1. The Bertz CT molecular complexity index is 1050. The second-order valence-corrected chi connectivity index (χ2v) is 9.55. The van der Waals surface area contributed by atoms with Gasteiger partial charge < -0.3 is 20.1 Å². The van der Waals surface area contributed by atoms with Crippen molar-refractivity contribution in [2.45, 2.75) is 44.1 Å². The third kappa shape index (κ3) is 4.27. The number of amides is 2. The molecule has 2 aromatic rings. The zero-order chi connectivity index (χ0) is 23.7. The van der Waals surface area contributed by atoms with E-state index in [0.29, 0.717) is 25.3 Å². The number of ether oxygens (including phenoxy) is 1. The Kier molecular flexibility index (Phi) is 6.26. The van der Waals surface area contributed by atoms with E-state index in [1.54, 1.807) is 0 Å². The zero-order valence-electron chi connectivity index (χ0n) is 19.1. The number of fused-ring (bicyclic) bond motifs is 4. The van der Waals surface area contributed by atoms with Gasteiger partial charge in [0.05, 0.1) is 5.92 Å². The number of alkyl carbamates (subject to hydrolysis) is 1. The number of carboxylic acids is 1. The van der Waals surface area contributed by atoms with Crippen LogP contribution in [0.1, 0.15) is 49.1 Å². The second-order valence-electron chi connectivity index (χ2n) is 9.55. The first-order chi connectivity index (χ1) is 16.5. The van der Waals surface area contributed by atoms with Gasteiger partial charge in [0.2, 0.25) is 5.91 Å². The van der Waals surface area contributed by atoms with E-state index in [0.717, 1.165) is 24.0 Å². The van der Waals surface area contributed by atoms with Gasteiger partial charge in [0.15, 0.2) is 0 Å². The molecule has 0 radical (unpaired) electrons. The Morgan fingerprint density at radius 2 is 1.65 bits per heavy atom. The molecular weight excluding hydrogens is 432 g/mol. The van der Waals surface area contributed by atoms with Crippen LogP contribution in [0.4, 0.5) is 4.79 Å². The van der Waals surface area contributed by atoms with Gasteiger partial charge in [0.1, 0.15) is 6.61 Å². The smallest absolute Gasteiger partial charge is 0.407 e. The predicted molar refractivity (Wildman–Crippen MR) is 126 cm³/mol. The molecule has 7 nitrogen and oxygen atoms in total. The van der Waals surface area contributed by atoms with Crippen molar-refractivity contribution in [1.82, 2.24) is 10.2 Å². The Balaban J connectivity index is 1.11. The number of hydrogen-bond acceptors (Lipinski definition) is 4. The molecule has 0 spiro atoms. The lowest BCUT2D eigenvalue weighted by Crippen LogP contribution is -2.43. The van der Waals surface area contributed by atoms with Gasteiger partial charge in [0.25, 0.3) is 0 Å². The molecule has 7 heteroatoms. The standard InChI is InChI=1S/C27H30N2O5/c30-25(29-14-12-17-9-10-18(26(31)32)15-24(17)29)11-13-28-27(33)34-16-23-21-7-3-1-5-19(21)20-6-2-4-8-22(20)23/h1-8,17-18,23-24H,9-16H2,(H,28,33)(H,31,32). The summed E-state index contributed by atoms with van der Waals surface area (Å²) in [5.74, 6) is -0.773. The van der Waals surface area contributed by atoms with Crippen molar-refractivity contribution in [1.29, 1.82) is 0 Å². The van der Waals surface area contributed by atoms with Crippen LogP contribution in [0.5, 0.6) is 0 Å². The molecule has 2 amide bonds. The monoisotopic (exact) mass is 462 g/mol. The number of rotatable bonds is 6. The highest BCUT2D eigenvalue weighted by molar-refractivity contribution is 5.80. The Morgan fingerprint density at radius 3 is 2.32 bits per heavy atom. The average Bonchev–Trinajstić information content (AvgIpc) is 3.41. The molecule has 34 heavy (non-hydrogen) atoms. The first-order valence-corrected chi connectivity index (χ1v) is 12.1. The fourth-order valence-electron chi connectivity index (χ4n) is 6.00. The number of benzene rings is 2. The quantitative estimate of drug-likeness (QED) is 0.676. The number of nitrogens with zero attached hydrogens (tertiary/aromatic N) is 1. The van der Waals surface area contributed by atoms with Crippen molar-refractivity contribution in [3.8, 4) is 11.1 Å². The number of carbonyl (C=O) groups is 3. The highest BCUT2D eigenvalue weighted by Gasteiger charge is 2.42. The molecule has 1 saturated carbocycles. The predicted octanol–water partition coefficient (Wildman–Crippen LogP) is 4.02. The maximum absolute atomic E-state index is 12.8. The molecule has 5 rings (SSSR count). The third-order valence-corrected chi connectivity index (χ3v) is 7.72. The topological polar surface area (TPSA) is 95.9 Å². The number of carboxylic acid groups (broad SMARTS) is 1. The van der Waals surface area contributed by atoms with Gasteiger partial charge in [-0.2, -0.15) is 0 Å². The summed E-state index contributed by atoms with van der Waals surface area (Å²) < 4.78 is 5.53. The van der Waals surface area contributed by atoms with Crippen LogP contribution in [0.3, 0.4) is 0 Å². The Morgan fingerprint density at radius 1 is 0.971 bits per heavy atom. The summed E-state index contributed by atoms with van der Waals surface area (Å²) in [6, 6.07) is 16.4. The highest BCUT2D eigenvalue weighted by Crippen LogP contribution is 2.44. The molecule has 2 aromatic carbocycles. The molecular formula is C27H30N2O5. The maximum atomic E-state index is 12.8. The van der Waals surface area contributed by atoms with Crippen LogP contribution in [0.15, 0.2) is 48.5 Å². The van der Waals surface area contributed by atoms with Crippen LogP contribution < -0.4 is 5.32 Å². The van der Waals surface area contributed by atoms with Gasteiger partial charge in [-0.05, 0) is 53.9 Å². The summed E-state index contributed by atoms with van der Waals surface area (Å²) in [6.07, 6.45) is 2.68. The maximum Gasteiger partial charge on any atom is 0.407 e. The second kappa shape index (κ2) is 9.49. The van der Waals surface area contributed by atoms with Crippen molar-refractivity contribution in [2.75, 3.05) is 19.7 Å². The fraction of sp³-hybridized carbons (Fsp3) is 0.444. The van der Waals surface area contributed by atoms with Crippen LogP contribution in [-0.4, -0.2) is 53.7 Å². The Labute approximate surface area is 199 Å². The number of carbonyl (C=O) groups excluding carboxylic acids is 2. The van der Waals surface area contributed by atoms with Gasteiger partial charge in [-0.15, -0.1) is 0 Å². The molecule has 2 aliphatic carbocycles. The summed E-state index contributed by atoms with van der Waals surface area (Å²) in [7, 11) is 0. The molecule has 3 aliphatic rings. The Hall–Kier alpha value is -3.35. The van der Waals surface area contributed by atoms with Crippen LogP contribution in [0.25, 0.3) is 11.1 Å². The zero-order valence-corrected chi connectivity index (χ0v) is 19.1. The first kappa shape index (κ1) is 22.4. The van der Waals surface area contributed by atoms with Crippen molar-refractivity contribution in [3.05, 3.63) is 59.7 Å². The summed E-state index contributed by atoms with van der Waals surface area (Å²) in [5, 5.41) is 12.1. The van der Waals surface area contributed by atoms with Crippen molar-refractivity contribution in [2.24, 2.45) is 11.8 Å². The molecule has 2 N–H and O–H groups in total. The summed E-state index contributed by atoms with van der Waals surface area (Å²) in [5.41, 5.74) is 4.66. The van der Waals surface area contributed by atoms with Gasteiger partial charge in [0, 0.05) is 31.5 Å². The van der Waals surface area contributed by atoms with E-state index in [-0.39, 0.29) is 43.4 Å². The van der Waals surface area contributed by atoms with E-state index in [1.807, 2.05) is 29.2 Å². The highest BCUT2D eigenvalue weighted by atomic mass is 16.5. The van der Waals surface area contributed by atoms with Crippen molar-refractivity contribution >= 4 is 18.0 Å². The minimum atomic E-state index is -0.769. The van der Waals surface area contributed by atoms with E-state index < -0.39 is 12.1 Å². The average molecular weight is 463 g/mol. The first-order valence-electron chi connectivity index (χ1n) is 12.1. The number of likely N-dealkylation sites (tertiary alicyclic amines) is 1. The van der Waals surface area contributed by atoms with Gasteiger partial charge in [-0.3, -0.25) is 9.59 Å². The fourth-order valence-corrected chi connectivity index (χ4v) is 6.00. The van der Waals surface area contributed by atoms with E-state index in [1.165, 1.54) is 11.1 Å². The molecule has 1 aliphatic heterocycles. The molecule has 3 atom stereocenters. The summed E-state index contributed by atoms with van der Waals surface area (Å²) in [4.78, 5) is 38.4. The van der Waals surface area contributed by atoms with E-state index in [2.05, 4.69) is 29.6 Å². The van der Waals surface area contributed by atoms with Crippen LogP contribution in [0, 0.1) is 11.8 Å². The minimum Gasteiger partial charge on any atom is -0.481 e. The van der Waals surface area contributed by atoms with E-state index >= 15 is 0 Å². The van der Waals surface area contributed by atoms with Crippen LogP contribution >= 0.6 is 0 Å². The lowest BCUT2D eigenvalue weighted by Gasteiger charge is -2.34. The van der Waals surface area contributed by atoms with Gasteiger partial charge in [-0.25, -0.2) is 4.79 Å². The minimum absolute atomic E-state index is 0.00482. The number of hydrogen-bond donors (Lipinski definition) is 2. The normalized spacial score (nSPS) is 23.1. The van der Waals surface area contributed by atoms with Crippen LogP contribution in [0.2, 0.25) is 0 Å². The lowest BCUT2D eigenvalue weighted by atomic mass is 9.78. The van der Waals surface area contributed by atoms with E-state index in [9.17, 15) is 19.5 Å². The SMILES string of the molecule is O=C(NCCC(=O)N1CCC2CCC(C(=O)O)CC21)OCC1c2ccccc2-c2ccccc21. The third-order valence-electron chi connectivity index (χ3n) is 7.72.